The Balaban J connectivity index is 1.95. The van der Waals surface area contributed by atoms with Crippen LogP contribution in [0.25, 0.3) is 11.7 Å². The van der Waals surface area contributed by atoms with Crippen molar-refractivity contribution in [3.63, 3.8) is 0 Å². The summed E-state index contributed by atoms with van der Waals surface area (Å²) >= 11 is 0. The van der Waals surface area contributed by atoms with Crippen molar-refractivity contribution >= 4 is 5.97 Å². The SMILES string of the molecule is O=C(O)CCCc1nnc(-c2ccco2)o1. The summed E-state index contributed by atoms with van der Waals surface area (Å²) in [5, 5.41) is 16.1. The van der Waals surface area contributed by atoms with Gasteiger partial charge in [0.15, 0.2) is 5.76 Å². The second-order valence-electron chi connectivity index (χ2n) is 3.23. The van der Waals surface area contributed by atoms with Gasteiger partial charge >= 0.3 is 5.97 Å². The van der Waals surface area contributed by atoms with Crippen LogP contribution in [0, 0.1) is 0 Å². The predicted molar refractivity (Wildman–Crippen MR) is 52.6 cm³/mol. The Labute approximate surface area is 90.9 Å². The number of aromatic nitrogens is 2. The topological polar surface area (TPSA) is 89.4 Å². The third-order valence-electron chi connectivity index (χ3n) is 1.98. The first-order valence-electron chi connectivity index (χ1n) is 4.84. The van der Waals surface area contributed by atoms with E-state index in [1.165, 1.54) is 6.26 Å². The van der Waals surface area contributed by atoms with Crippen molar-refractivity contribution in [2.45, 2.75) is 19.3 Å². The zero-order chi connectivity index (χ0) is 11.4. The molecule has 0 unspecified atom stereocenters. The summed E-state index contributed by atoms with van der Waals surface area (Å²) in [6, 6.07) is 3.44. The number of aliphatic carboxylic acids is 1. The van der Waals surface area contributed by atoms with Gasteiger partial charge < -0.3 is 13.9 Å². The summed E-state index contributed by atoms with van der Waals surface area (Å²) in [6.07, 6.45) is 2.55. The molecule has 0 atom stereocenters. The lowest BCUT2D eigenvalue weighted by molar-refractivity contribution is -0.137. The maximum absolute atomic E-state index is 10.3. The number of carbonyl (C=O) groups is 1. The highest BCUT2D eigenvalue weighted by molar-refractivity contribution is 5.66. The van der Waals surface area contributed by atoms with E-state index < -0.39 is 5.97 Å². The Hall–Kier alpha value is -2.11. The second kappa shape index (κ2) is 4.61. The van der Waals surface area contributed by atoms with E-state index in [9.17, 15) is 4.79 Å². The molecule has 0 fully saturated rings. The van der Waals surface area contributed by atoms with Gasteiger partial charge in [0.1, 0.15) is 0 Å². The highest BCUT2D eigenvalue weighted by atomic mass is 16.4. The van der Waals surface area contributed by atoms with Crippen LogP contribution in [-0.4, -0.2) is 21.3 Å². The van der Waals surface area contributed by atoms with Crippen molar-refractivity contribution in [1.82, 2.24) is 10.2 Å². The van der Waals surface area contributed by atoms with Crippen LogP contribution in [0.3, 0.4) is 0 Å². The molecule has 0 saturated carbocycles. The maximum atomic E-state index is 10.3. The molecule has 16 heavy (non-hydrogen) atoms. The van der Waals surface area contributed by atoms with Crippen molar-refractivity contribution in [2.75, 3.05) is 0 Å². The zero-order valence-electron chi connectivity index (χ0n) is 8.42. The Morgan fingerprint density at radius 1 is 1.44 bits per heavy atom. The van der Waals surface area contributed by atoms with E-state index in [2.05, 4.69) is 10.2 Å². The summed E-state index contributed by atoms with van der Waals surface area (Å²) in [7, 11) is 0. The summed E-state index contributed by atoms with van der Waals surface area (Å²) in [6.45, 7) is 0. The molecule has 6 heteroatoms. The molecule has 0 aliphatic carbocycles. The molecule has 0 radical (unpaired) electrons. The minimum absolute atomic E-state index is 0.0957. The van der Waals surface area contributed by atoms with Gasteiger partial charge in [-0.2, -0.15) is 0 Å². The van der Waals surface area contributed by atoms with E-state index in [4.69, 9.17) is 13.9 Å². The highest BCUT2D eigenvalue weighted by Crippen LogP contribution is 2.18. The van der Waals surface area contributed by atoms with Gasteiger partial charge in [0, 0.05) is 12.8 Å². The Morgan fingerprint density at radius 2 is 2.31 bits per heavy atom. The Bertz CT molecular complexity index is 461. The highest BCUT2D eigenvalue weighted by Gasteiger charge is 2.10. The fraction of sp³-hybridized carbons (Fsp3) is 0.300. The molecule has 2 rings (SSSR count). The third kappa shape index (κ3) is 2.47. The van der Waals surface area contributed by atoms with Crippen molar-refractivity contribution in [3.8, 4) is 11.7 Å². The number of carboxylic acids is 1. The largest absolute Gasteiger partial charge is 0.481 e. The zero-order valence-corrected chi connectivity index (χ0v) is 8.42. The predicted octanol–water partition coefficient (Wildman–Crippen LogP) is 1.74. The molecule has 2 aromatic rings. The van der Waals surface area contributed by atoms with Crippen LogP contribution < -0.4 is 0 Å². The van der Waals surface area contributed by atoms with Gasteiger partial charge in [0.25, 0.3) is 5.89 Å². The first kappa shape index (κ1) is 10.4. The van der Waals surface area contributed by atoms with Crippen LogP contribution in [0.15, 0.2) is 27.2 Å². The lowest BCUT2D eigenvalue weighted by Gasteiger charge is -1.91. The van der Waals surface area contributed by atoms with Crippen LogP contribution in [0.2, 0.25) is 0 Å². The molecule has 0 aliphatic rings. The monoisotopic (exact) mass is 222 g/mol. The number of hydrogen-bond donors (Lipinski definition) is 1. The van der Waals surface area contributed by atoms with Crippen molar-refractivity contribution in [3.05, 3.63) is 24.3 Å². The molecule has 2 heterocycles. The molecule has 0 saturated heterocycles. The summed E-state index contributed by atoms with van der Waals surface area (Å²) in [5.74, 6) is 0.422. The quantitative estimate of drug-likeness (QED) is 0.828. The third-order valence-corrected chi connectivity index (χ3v) is 1.98. The summed E-state index contributed by atoms with van der Waals surface area (Å²) in [5.41, 5.74) is 0. The van der Waals surface area contributed by atoms with Gasteiger partial charge in [0.2, 0.25) is 5.89 Å². The van der Waals surface area contributed by atoms with Crippen LogP contribution in [0.4, 0.5) is 0 Å². The van der Waals surface area contributed by atoms with Gasteiger partial charge in [-0.3, -0.25) is 4.79 Å². The van der Waals surface area contributed by atoms with Crippen LogP contribution in [-0.2, 0) is 11.2 Å². The van der Waals surface area contributed by atoms with Crippen molar-refractivity contribution in [2.24, 2.45) is 0 Å². The van der Waals surface area contributed by atoms with E-state index >= 15 is 0 Å². The lowest BCUT2D eigenvalue weighted by atomic mass is 10.2. The molecule has 84 valence electrons. The average molecular weight is 222 g/mol. The minimum Gasteiger partial charge on any atom is -0.481 e. The molecule has 0 aliphatic heterocycles. The second-order valence-corrected chi connectivity index (χ2v) is 3.23. The molecular weight excluding hydrogens is 212 g/mol. The van der Waals surface area contributed by atoms with E-state index in [0.29, 0.717) is 30.4 Å². The fourth-order valence-corrected chi connectivity index (χ4v) is 1.25. The van der Waals surface area contributed by atoms with Gasteiger partial charge in [-0.25, -0.2) is 0 Å². The van der Waals surface area contributed by atoms with E-state index in [1.54, 1.807) is 12.1 Å². The smallest absolute Gasteiger partial charge is 0.303 e. The maximum Gasteiger partial charge on any atom is 0.303 e. The van der Waals surface area contributed by atoms with Crippen molar-refractivity contribution < 1.29 is 18.7 Å². The van der Waals surface area contributed by atoms with Gasteiger partial charge in [0.05, 0.1) is 6.26 Å². The first-order chi connectivity index (χ1) is 7.75. The van der Waals surface area contributed by atoms with Crippen LogP contribution in [0.1, 0.15) is 18.7 Å². The number of furan rings is 1. The Kier molecular flexibility index (Phi) is 3.00. The van der Waals surface area contributed by atoms with Crippen molar-refractivity contribution in [1.29, 1.82) is 0 Å². The number of hydrogen-bond acceptors (Lipinski definition) is 5. The molecule has 6 nitrogen and oxygen atoms in total. The molecule has 0 amide bonds. The molecule has 0 spiro atoms. The molecule has 0 bridgehead atoms. The summed E-state index contributed by atoms with van der Waals surface area (Å²) < 4.78 is 10.4. The first-order valence-corrected chi connectivity index (χ1v) is 4.84. The van der Waals surface area contributed by atoms with Crippen LogP contribution in [0.5, 0.6) is 0 Å². The number of rotatable bonds is 5. The van der Waals surface area contributed by atoms with Gasteiger partial charge in [-0.15, -0.1) is 10.2 Å². The standard InChI is InChI=1S/C10H10N2O4/c13-9(14)5-1-4-8-11-12-10(16-8)7-3-2-6-15-7/h2-3,6H,1,4-5H2,(H,13,14). The normalized spacial score (nSPS) is 10.5. The van der Waals surface area contributed by atoms with Gasteiger partial charge in [-0.1, -0.05) is 0 Å². The fourth-order valence-electron chi connectivity index (χ4n) is 1.25. The van der Waals surface area contributed by atoms with E-state index in [1.807, 2.05) is 0 Å². The molecular formula is C10H10N2O4. The van der Waals surface area contributed by atoms with Gasteiger partial charge in [-0.05, 0) is 18.6 Å². The average Bonchev–Trinajstić information content (AvgIpc) is 2.85. The molecule has 2 aromatic heterocycles. The number of carboxylic acid groups (broad SMARTS) is 1. The Morgan fingerprint density at radius 3 is 3.00 bits per heavy atom. The molecule has 1 N–H and O–H groups in total. The number of aryl methyl sites for hydroxylation is 1. The van der Waals surface area contributed by atoms with Crippen LogP contribution >= 0.6 is 0 Å². The van der Waals surface area contributed by atoms with E-state index in [-0.39, 0.29) is 6.42 Å². The van der Waals surface area contributed by atoms with E-state index in [0.717, 1.165) is 0 Å². The molecule has 0 aromatic carbocycles. The summed E-state index contributed by atoms with van der Waals surface area (Å²) in [4.78, 5) is 10.3. The number of nitrogens with zero attached hydrogens (tertiary/aromatic N) is 2. The minimum atomic E-state index is -0.828. The lowest BCUT2D eigenvalue weighted by Crippen LogP contribution is -1.95.